The van der Waals surface area contributed by atoms with E-state index in [1.54, 1.807) is 0 Å². The van der Waals surface area contributed by atoms with Gasteiger partial charge in [-0.2, -0.15) is 0 Å². The van der Waals surface area contributed by atoms with Gasteiger partial charge in [0, 0.05) is 6.08 Å². The zero-order valence-corrected chi connectivity index (χ0v) is 7.44. The summed E-state index contributed by atoms with van der Waals surface area (Å²) in [6.07, 6.45) is 2.08. The summed E-state index contributed by atoms with van der Waals surface area (Å²) in [5.41, 5.74) is -0.386. The van der Waals surface area contributed by atoms with Gasteiger partial charge >= 0.3 is 0 Å². The molecule has 0 aromatic heterocycles. The van der Waals surface area contributed by atoms with Gasteiger partial charge in [-0.15, -0.1) is 0 Å². The highest BCUT2D eigenvalue weighted by Crippen LogP contribution is 2.06. The first kappa shape index (κ1) is 11.1. The van der Waals surface area contributed by atoms with E-state index >= 15 is 0 Å². The second-order valence-electron chi connectivity index (χ2n) is 3.15. The molecule has 12 heavy (non-hydrogen) atoms. The SMILES string of the molecule is CC(C)(C)OOC/C=C/[N+](=O)[O-]. The van der Waals surface area contributed by atoms with Gasteiger partial charge in [-0.25, -0.2) is 9.78 Å². The maximum atomic E-state index is 9.78. The highest BCUT2D eigenvalue weighted by atomic mass is 17.2. The third-order valence-electron chi connectivity index (χ3n) is 0.700. The zero-order valence-electron chi connectivity index (χ0n) is 7.44. The fourth-order valence-electron chi connectivity index (χ4n) is 0.379. The van der Waals surface area contributed by atoms with Crippen LogP contribution in [0.4, 0.5) is 0 Å². The Bertz CT molecular complexity index is 171. The molecule has 0 heterocycles. The highest BCUT2D eigenvalue weighted by molar-refractivity contribution is 4.70. The Morgan fingerprint density at radius 2 is 2.08 bits per heavy atom. The summed E-state index contributed by atoms with van der Waals surface area (Å²) in [6, 6.07) is 0. The van der Waals surface area contributed by atoms with Crippen molar-refractivity contribution >= 4 is 0 Å². The van der Waals surface area contributed by atoms with Crippen LogP contribution in [-0.4, -0.2) is 17.1 Å². The lowest BCUT2D eigenvalue weighted by Crippen LogP contribution is -2.19. The molecule has 0 aliphatic heterocycles. The molecule has 0 bridgehead atoms. The molecule has 0 rings (SSSR count). The molecule has 5 nitrogen and oxygen atoms in total. The molecular weight excluding hydrogens is 162 g/mol. The van der Waals surface area contributed by atoms with Crippen LogP contribution in [0.15, 0.2) is 12.3 Å². The predicted molar refractivity (Wildman–Crippen MR) is 42.9 cm³/mol. The number of nitrogens with zero attached hydrogens (tertiary/aromatic N) is 1. The first-order valence-electron chi connectivity index (χ1n) is 3.52. The number of rotatable bonds is 4. The van der Waals surface area contributed by atoms with E-state index < -0.39 is 4.92 Å². The maximum Gasteiger partial charge on any atom is 0.232 e. The Balaban J connectivity index is 3.40. The molecule has 0 unspecified atom stereocenters. The average molecular weight is 175 g/mol. The second kappa shape index (κ2) is 4.84. The van der Waals surface area contributed by atoms with Gasteiger partial charge in [-0.3, -0.25) is 10.1 Å². The van der Waals surface area contributed by atoms with Crippen molar-refractivity contribution in [2.75, 3.05) is 6.61 Å². The molecule has 0 amide bonds. The molecule has 0 aliphatic rings. The summed E-state index contributed by atoms with van der Waals surface area (Å²) in [5.74, 6) is 0. The van der Waals surface area contributed by atoms with Crippen molar-refractivity contribution in [2.45, 2.75) is 26.4 Å². The van der Waals surface area contributed by atoms with Gasteiger partial charge in [0.15, 0.2) is 0 Å². The summed E-state index contributed by atoms with van der Waals surface area (Å²) in [6.45, 7) is 5.55. The van der Waals surface area contributed by atoms with Gasteiger partial charge in [0.05, 0.1) is 10.5 Å². The van der Waals surface area contributed by atoms with Gasteiger partial charge in [-0.05, 0) is 20.8 Å². The lowest BCUT2D eigenvalue weighted by Gasteiger charge is -2.16. The molecule has 0 radical (unpaired) electrons. The summed E-state index contributed by atoms with van der Waals surface area (Å²) in [4.78, 5) is 18.7. The van der Waals surface area contributed by atoms with Crippen LogP contribution in [0, 0.1) is 10.1 Å². The standard InChI is InChI=1S/C7H13NO4/c1-7(2,3)12-11-6-4-5-8(9)10/h4-5H,6H2,1-3H3/b5-4+. The Hall–Kier alpha value is -0.940. The van der Waals surface area contributed by atoms with E-state index in [2.05, 4.69) is 4.89 Å². The largest absolute Gasteiger partial charge is 0.259 e. The van der Waals surface area contributed by atoms with Crippen molar-refractivity contribution in [3.63, 3.8) is 0 Å². The fraction of sp³-hybridized carbons (Fsp3) is 0.714. The average Bonchev–Trinajstić information content (AvgIpc) is 1.83. The van der Waals surface area contributed by atoms with Crippen molar-refractivity contribution < 1.29 is 14.7 Å². The first-order chi connectivity index (χ1) is 5.42. The van der Waals surface area contributed by atoms with E-state index in [4.69, 9.17) is 4.89 Å². The van der Waals surface area contributed by atoms with Crippen LogP contribution >= 0.6 is 0 Å². The smallest absolute Gasteiger partial charge is 0.232 e. The number of hydrogen-bond donors (Lipinski definition) is 0. The van der Waals surface area contributed by atoms with Gasteiger partial charge in [-0.1, -0.05) is 0 Å². The minimum absolute atomic E-state index is 0.0816. The van der Waals surface area contributed by atoms with Crippen LogP contribution in [0.1, 0.15) is 20.8 Å². The number of nitro groups is 1. The predicted octanol–water partition coefficient (Wildman–Crippen LogP) is 1.52. The molecule has 70 valence electrons. The molecule has 0 saturated heterocycles. The monoisotopic (exact) mass is 175 g/mol. The Kier molecular flexibility index (Phi) is 4.46. The van der Waals surface area contributed by atoms with Gasteiger partial charge in [0.1, 0.15) is 6.61 Å². The van der Waals surface area contributed by atoms with E-state index in [1.165, 1.54) is 6.08 Å². The summed E-state index contributed by atoms with van der Waals surface area (Å²) < 4.78 is 0. The van der Waals surface area contributed by atoms with Crippen LogP contribution in [0.5, 0.6) is 0 Å². The molecule has 0 aromatic rings. The maximum absolute atomic E-state index is 9.78. The highest BCUT2D eigenvalue weighted by Gasteiger charge is 2.10. The number of hydrogen-bond acceptors (Lipinski definition) is 4. The van der Waals surface area contributed by atoms with E-state index in [0.29, 0.717) is 0 Å². The van der Waals surface area contributed by atoms with Crippen molar-refractivity contribution in [3.8, 4) is 0 Å². The minimum Gasteiger partial charge on any atom is -0.259 e. The summed E-state index contributed by atoms with van der Waals surface area (Å²) >= 11 is 0. The molecule has 0 N–H and O–H groups in total. The van der Waals surface area contributed by atoms with Crippen LogP contribution in [-0.2, 0) is 9.78 Å². The summed E-state index contributed by atoms with van der Waals surface area (Å²) in [5, 5.41) is 9.78. The van der Waals surface area contributed by atoms with E-state index in [9.17, 15) is 10.1 Å². The van der Waals surface area contributed by atoms with E-state index in [0.717, 1.165) is 6.20 Å². The molecular formula is C7H13NO4. The van der Waals surface area contributed by atoms with Gasteiger partial charge in [0.2, 0.25) is 6.20 Å². The van der Waals surface area contributed by atoms with Crippen molar-refractivity contribution in [1.29, 1.82) is 0 Å². The molecule has 0 atom stereocenters. The molecule has 0 saturated carbocycles. The lowest BCUT2D eigenvalue weighted by molar-refractivity contribution is -0.403. The van der Waals surface area contributed by atoms with Crippen molar-refractivity contribution in [3.05, 3.63) is 22.4 Å². The lowest BCUT2D eigenvalue weighted by atomic mass is 10.2. The first-order valence-corrected chi connectivity index (χ1v) is 3.52. The zero-order chi connectivity index (χ0) is 9.61. The normalized spacial score (nSPS) is 12.2. The summed E-state index contributed by atoms with van der Waals surface area (Å²) in [7, 11) is 0. The molecule has 5 heteroatoms. The van der Waals surface area contributed by atoms with Crippen LogP contribution in [0.3, 0.4) is 0 Å². The van der Waals surface area contributed by atoms with Gasteiger partial charge < -0.3 is 0 Å². The van der Waals surface area contributed by atoms with Gasteiger partial charge in [0.25, 0.3) is 0 Å². The van der Waals surface area contributed by atoms with Crippen LogP contribution < -0.4 is 0 Å². The Morgan fingerprint density at radius 3 is 2.50 bits per heavy atom. The molecule has 0 spiro atoms. The molecule has 0 aliphatic carbocycles. The van der Waals surface area contributed by atoms with Crippen LogP contribution in [0.25, 0.3) is 0 Å². The molecule has 0 aromatic carbocycles. The van der Waals surface area contributed by atoms with E-state index in [-0.39, 0.29) is 12.2 Å². The van der Waals surface area contributed by atoms with Crippen molar-refractivity contribution in [2.24, 2.45) is 0 Å². The topological polar surface area (TPSA) is 61.6 Å². The third kappa shape index (κ3) is 9.06. The second-order valence-corrected chi connectivity index (χ2v) is 3.15. The quantitative estimate of drug-likeness (QED) is 0.281. The van der Waals surface area contributed by atoms with Crippen molar-refractivity contribution in [1.82, 2.24) is 0 Å². The molecule has 0 fully saturated rings. The Morgan fingerprint density at radius 1 is 1.50 bits per heavy atom. The third-order valence-corrected chi connectivity index (χ3v) is 0.700. The fourth-order valence-corrected chi connectivity index (χ4v) is 0.379. The minimum atomic E-state index is -0.555. The van der Waals surface area contributed by atoms with Crippen LogP contribution in [0.2, 0.25) is 0 Å². The van der Waals surface area contributed by atoms with E-state index in [1.807, 2.05) is 20.8 Å². The Labute approximate surface area is 71.0 Å².